The zero-order chi connectivity index (χ0) is 11.3. The first-order valence-electron chi connectivity index (χ1n) is 4.64. The Morgan fingerprint density at radius 3 is 2.60 bits per heavy atom. The lowest BCUT2D eigenvalue weighted by molar-refractivity contribution is -0.122. The van der Waals surface area contributed by atoms with Gasteiger partial charge in [0.25, 0.3) is 0 Å². The topological polar surface area (TPSA) is 69.4 Å². The Bertz CT molecular complexity index is 289. The molecule has 0 aliphatic carbocycles. The molecule has 0 bridgehead atoms. The van der Waals surface area contributed by atoms with E-state index in [1.165, 1.54) is 0 Å². The molecule has 5 nitrogen and oxygen atoms in total. The van der Waals surface area contributed by atoms with Crippen molar-refractivity contribution in [3.8, 4) is 0 Å². The summed E-state index contributed by atoms with van der Waals surface area (Å²) in [6.07, 6.45) is 0.334. The van der Waals surface area contributed by atoms with Crippen LogP contribution in [0.3, 0.4) is 0 Å². The van der Waals surface area contributed by atoms with Crippen LogP contribution in [0.1, 0.15) is 10.7 Å². The summed E-state index contributed by atoms with van der Waals surface area (Å²) in [4.78, 5) is 4.36. The van der Waals surface area contributed by atoms with Crippen molar-refractivity contribution >= 4 is 11.3 Å². The van der Waals surface area contributed by atoms with Crippen molar-refractivity contribution in [2.45, 2.75) is 25.7 Å². The first-order chi connectivity index (χ1) is 7.21. The van der Waals surface area contributed by atoms with Crippen LogP contribution in [-0.2, 0) is 15.9 Å². The predicted octanol–water partition coefficient (Wildman–Crippen LogP) is 0.445. The third-order valence-electron chi connectivity index (χ3n) is 2.07. The molecule has 0 spiro atoms. The number of methoxy groups -OCH3 is 2. The van der Waals surface area contributed by atoms with Crippen molar-refractivity contribution in [1.29, 1.82) is 0 Å². The van der Waals surface area contributed by atoms with E-state index in [4.69, 9.17) is 15.3 Å². The average molecular weight is 231 g/mol. The van der Waals surface area contributed by atoms with Gasteiger partial charge in [-0.05, 0) is 6.92 Å². The van der Waals surface area contributed by atoms with Crippen LogP contribution in [0.4, 0.5) is 0 Å². The number of aromatic nitrogens is 1. The van der Waals surface area contributed by atoms with E-state index >= 15 is 0 Å². The molecular formula is C9H17N3O2S. The zero-order valence-electron chi connectivity index (χ0n) is 9.19. The fourth-order valence-electron chi connectivity index (χ4n) is 1.34. The normalized spacial score (nSPS) is 13.4. The Morgan fingerprint density at radius 1 is 1.53 bits per heavy atom. The second kappa shape index (κ2) is 6.14. The number of nitrogens with one attached hydrogen (secondary N) is 1. The van der Waals surface area contributed by atoms with E-state index in [1.54, 1.807) is 25.6 Å². The maximum absolute atomic E-state index is 5.45. The summed E-state index contributed by atoms with van der Waals surface area (Å²) in [6, 6.07) is -0.0921. The molecule has 0 aliphatic heterocycles. The van der Waals surface area contributed by atoms with Crippen LogP contribution in [-0.4, -0.2) is 31.5 Å². The molecule has 3 N–H and O–H groups in total. The number of rotatable bonds is 6. The number of ether oxygens (including phenoxy) is 2. The minimum atomic E-state index is -0.362. The number of nitrogens with two attached hydrogens (primary N) is 1. The third-order valence-corrected chi connectivity index (χ3v) is 3.06. The molecule has 0 fully saturated rings. The van der Waals surface area contributed by atoms with E-state index < -0.39 is 0 Å². The van der Waals surface area contributed by atoms with E-state index in [2.05, 4.69) is 10.4 Å². The summed E-state index contributed by atoms with van der Waals surface area (Å²) in [7, 11) is 3.18. The molecule has 0 aromatic carbocycles. The van der Waals surface area contributed by atoms with Gasteiger partial charge in [-0.3, -0.25) is 11.3 Å². The van der Waals surface area contributed by atoms with Crippen molar-refractivity contribution in [2.24, 2.45) is 5.84 Å². The van der Waals surface area contributed by atoms with E-state index in [0.29, 0.717) is 6.42 Å². The van der Waals surface area contributed by atoms with Crippen molar-refractivity contribution < 1.29 is 9.47 Å². The highest BCUT2D eigenvalue weighted by atomic mass is 32.1. The van der Waals surface area contributed by atoms with E-state index in [9.17, 15) is 0 Å². The third kappa shape index (κ3) is 3.51. The second-order valence-electron chi connectivity index (χ2n) is 3.20. The number of thiazole rings is 1. The van der Waals surface area contributed by atoms with Gasteiger partial charge in [-0.2, -0.15) is 0 Å². The van der Waals surface area contributed by atoms with Crippen LogP contribution in [0.25, 0.3) is 0 Å². The van der Waals surface area contributed by atoms with Gasteiger partial charge in [0.15, 0.2) is 6.29 Å². The Morgan fingerprint density at radius 2 is 2.20 bits per heavy atom. The first kappa shape index (κ1) is 12.5. The highest BCUT2D eigenvalue weighted by Gasteiger charge is 2.21. The smallest absolute Gasteiger partial charge is 0.173 e. The number of hydrogen-bond acceptors (Lipinski definition) is 6. The molecule has 15 heavy (non-hydrogen) atoms. The van der Waals surface area contributed by atoms with Gasteiger partial charge in [0.05, 0.1) is 11.0 Å². The quantitative estimate of drug-likeness (QED) is 0.422. The Balaban J connectivity index is 2.60. The molecule has 1 aromatic heterocycles. The minimum absolute atomic E-state index is 0.0921. The van der Waals surface area contributed by atoms with Crippen LogP contribution in [0.2, 0.25) is 0 Å². The molecule has 1 aromatic rings. The summed E-state index contributed by atoms with van der Waals surface area (Å²) in [5.41, 5.74) is 3.70. The lowest BCUT2D eigenvalue weighted by Crippen LogP contribution is -2.47. The van der Waals surface area contributed by atoms with E-state index in [-0.39, 0.29) is 12.3 Å². The van der Waals surface area contributed by atoms with Gasteiger partial charge in [-0.15, -0.1) is 11.3 Å². The van der Waals surface area contributed by atoms with Crippen molar-refractivity contribution in [2.75, 3.05) is 14.2 Å². The van der Waals surface area contributed by atoms with E-state index in [0.717, 1.165) is 10.7 Å². The van der Waals surface area contributed by atoms with Gasteiger partial charge in [0.1, 0.15) is 0 Å². The summed E-state index contributed by atoms with van der Waals surface area (Å²) >= 11 is 1.61. The number of aryl methyl sites for hydroxylation is 1. The van der Waals surface area contributed by atoms with E-state index in [1.807, 2.05) is 12.3 Å². The Labute approximate surface area is 93.6 Å². The summed E-state index contributed by atoms with van der Waals surface area (Å²) < 4.78 is 10.3. The van der Waals surface area contributed by atoms with Crippen molar-refractivity contribution in [3.63, 3.8) is 0 Å². The Kier molecular flexibility index (Phi) is 5.13. The maximum atomic E-state index is 5.45. The van der Waals surface area contributed by atoms with Crippen LogP contribution in [0.5, 0.6) is 0 Å². The van der Waals surface area contributed by atoms with Crippen molar-refractivity contribution in [3.05, 3.63) is 16.1 Å². The van der Waals surface area contributed by atoms with Crippen LogP contribution in [0.15, 0.2) is 5.38 Å². The van der Waals surface area contributed by atoms with Gasteiger partial charge >= 0.3 is 0 Å². The average Bonchev–Trinajstić information content (AvgIpc) is 2.64. The summed E-state index contributed by atoms with van der Waals surface area (Å²) in [5.74, 6) is 5.45. The molecule has 0 aliphatic rings. The summed E-state index contributed by atoms with van der Waals surface area (Å²) in [5, 5.41) is 3.03. The molecule has 1 rings (SSSR count). The molecule has 0 amide bonds. The summed E-state index contributed by atoms with van der Waals surface area (Å²) in [6.45, 7) is 1.97. The first-order valence-corrected chi connectivity index (χ1v) is 5.52. The predicted molar refractivity (Wildman–Crippen MR) is 59.5 cm³/mol. The van der Waals surface area contributed by atoms with Gasteiger partial charge in [-0.1, -0.05) is 0 Å². The lowest BCUT2D eigenvalue weighted by Gasteiger charge is -2.22. The number of nitrogens with zero attached hydrogens (tertiary/aromatic N) is 1. The van der Waals surface area contributed by atoms with Crippen molar-refractivity contribution in [1.82, 2.24) is 10.4 Å². The zero-order valence-corrected chi connectivity index (χ0v) is 10.0. The molecule has 1 atom stereocenters. The number of hydrogen-bond donors (Lipinski definition) is 2. The molecular weight excluding hydrogens is 214 g/mol. The molecule has 86 valence electrons. The van der Waals surface area contributed by atoms with Gasteiger partial charge < -0.3 is 9.47 Å². The second-order valence-corrected chi connectivity index (χ2v) is 4.14. The largest absolute Gasteiger partial charge is 0.354 e. The Hall–Kier alpha value is -0.530. The lowest BCUT2D eigenvalue weighted by atomic mass is 10.2. The van der Waals surface area contributed by atoms with Crippen LogP contribution < -0.4 is 11.3 Å². The van der Waals surface area contributed by atoms with Gasteiger partial charge in [-0.25, -0.2) is 4.98 Å². The monoisotopic (exact) mass is 231 g/mol. The molecule has 0 saturated heterocycles. The minimum Gasteiger partial charge on any atom is -0.354 e. The SMILES string of the molecule is COC(OC)C(Cc1nc(C)cs1)NN. The van der Waals surface area contributed by atoms with Gasteiger partial charge in [0, 0.05) is 31.7 Å². The molecule has 0 radical (unpaired) electrons. The number of hydrazine groups is 1. The highest BCUT2D eigenvalue weighted by Crippen LogP contribution is 2.13. The molecule has 1 unspecified atom stereocenters. The van der Waals surface area contributed by atoms with Crippen LogP contribution in [0, 0.1) is 6.92 Å². The molecule has 6 heteroatoms. The van der Waals surface area contributed by atoms with Gasteiger partial charge in [0.2, 0.25) is 0 Å². The standard InChI is InChI=1S/C9H17N3O2S/c1-6-5-15-8(11-6)4-7(12-10)9(13-2)14-3/h5,7,9,12H,4,10H2,1-3H3. The highest BCUT2D eigenvalue weighted by molar-refractivity contribution is 7.09. The fraction of sp³-hybridized carbons (Fsp3) is 0.667. The maximum Gasteiger partial charge on any atom is 0.173 e. The molecule has 0 saturated carbocycles. The fourth-order valence-corrected chi connectivity index (χ4v) is 2.17. The van der Waals surface area contributed by atoms with Crippen LogP contribution >= 0.6 is 11.3 Å². The molecule has 1 heterocycles.